The molecule has 26 heavy (non-hydrogen) atoms. The summed E-state index contributed by atoms with van der Waals surface area (Å²) >= 11 is 7.59. The number of hydrogen-bond donors (Lipinski definition) is 2. The molecule has 0 aliphatic heterocycles. The van der Waals surface area contributed by atoms with Crippen LogP contribution in [0.2, 0.25) is 5.02 Å². The van der Waals surface area contributed by atoms with Crippen molar-refractivity contribution in [2.75, 3.05) is 20.3 Å². The molecule has 8 heteroatoms. The van der Waals surface area contributed by atoms with Gasteiger partial charge in [-0.25, -0.2) is 4.98 Å². The smallest absolute Gasteiger partial charge is 0.270 e. The first-order valence-electron chi connectivity index (χ1n) is 8.61. The van der Waals surface area contributed by atoms with E-state index in [0.717, 1.165) is 17.7 Å². The minimum atomic E-state index is -0.143. The molecular formula is C18H24ClN3O3S. The summed E-state index contributed by atoms with van der Waals surface area (Å²) in [6.07, 6.45) is 7.45. The van der Waals surface area contributed by atoms with Crippen LogP contribution in [-0.2, 0) is 4.74 Å². The van der Waals surface area contributed by atoms with Gasteiger partial charge in [0.25, 0.3) is 5.91 Å². The van der Waals surface area contributed by atoms with Crippen molar-refractivity contribution in [2.24, 2.45) is 0 Å². The quantitative estimate of drug-likeness (QED) is 0.805. The molecule has 1 aliphatic carbocycles. The van der Waals surface area contributed by atoms with E-state index < -0.39 is 0 Å². The van der Waals surface area contributed by atoms with E-state index in [1.807, 2.05) is 0 Å². The molecule has 0 aromatic carbocycles. The lowest BCUT2D eigenvalue weighted by molar-refractivity contribution is 0.0922. The van der Waals surface area contributed by atoms with Gasteiger partial charge < -0.3 is 15.2 Å². The number of ether oxygens (including phenoxy) is 1. The molecule has 1 fully saturated rings. The van der Waals surface area contributed by atoms with E-state index in [0.29, 0.717) is 23.0 Å². The number of hydrogen-bond acceptors (Lipinski definition) is 6. The molecule has 0 unspecified atom stereocenters. The molecule has 0 saturated heterocycles. The fraction of sp³-hybridized carbons (Fsp3) is 0.500. The molecule has 1 aliphatic rings. The van der Waals surface area contributed by atoms with Crippen LogP contribution in [0.5, 0.6) is 0 Å². The number of aromatic nitrogens is 2. The number of thiazole rings is 1. The van der Waals surface area contributed by atoms with E-state index in [1.54, 1.807) is 30.9 Å². The number of methoxy groups -OCH3 is 1. The van der Waals surface area contributed by atoms with Gasteiger partial charge in [0.15, 0.2) is 0 Å². The number of pyridine rings is 1. The highest BCUT2D eigenvalue weighted by Gasteiger charge is 2.18. The normalized spacial score (nSPS) is 14.4. The van der Waals surface area contributed by atoms with Gasteiger partial charge in [-0.15, -0.1) is 11.3 Å². The van der Waals surface area contributed by atoms with E-state index >= 15 is 0 Å². The van der Waals surface area contributed by atoms with Crippen molar-refractivity contribution in [2.45, 2.75) is 38.1 Å². The summed E-state index contributed by atoms with van der Waals surface area (Å²) in [4.78, 5) is 21.7. The highest BCUT2D eigenvalue weighted by molar-refractivity contribution is 7.13. The average molecular weight is 398 g/mol. The second kappa shape index (κ2) is 11.2. The van der Waals surface area contributed by atoms with Crippen LogP contribution in [0.3, 0.4) is 0 Å². The molecule has 2 aromatic heterocycles. The van der Waals surface area contributed by atoms with Crippen LogP contribution in [0.1, 0.15) is 42.6 Å². The van der Waals surface area contributed by atoms with Crippen LogP contribution >= 0.6 is 22.9 Å². The summed E-state index contributed by atoms with van der Waals surface area (Å²) in [5.74, 6) is -0.143. The number of nitrogens with one attached hydrogen (secondary N) is 1. The molecule has 3 rings (SSSR count). The maximum absolute atomic E-state index is 12.3. The Morgan fingerprint density at radius 2 is 2.15 bits per heavy atom. The topological polar surface area (TPSA) is 84.3 Å². The van der Waals surface area contributed by atoms with Gasteiger partial charge >= 0.3 is 0 Å². The lowest BCUT2D eigenvalue weighted by Crippen LogP contribution is -2.36. The number of nitrogens with zero attached hydrogens (tertiary/aromatic N) is 2. The van der Waals surface area contributed by atoms with Gasteiger partial charge in [-0.2, -0.15) is 0 Å². The van der Waals surface area contributed by atoms with Gasteiger partial charge in [0.05, 0.1) is 29.3 Å². The molecule has 2 aromatic rings. The molecule has 0 spiro atoms. The van der Waals surface area contributed by atoms with Crippen molar-refractivity contribution in [1.82, 2.24) is 15.3 Å². The minimum absolute atomic E-state index is 0.122. The molecular weight excluding hydrogens is 374 g/mol. The zero-order valence-corrected chi connectivity index (χ0v) is 16.4. The summed E-state index contributed by atoms with van der Waals surface area (Å²) in [6.45, 7) is 0.566. The molecule has 0 radical (unpaired) electrons. The van der Waals surface area contributed by atoms with Crippen molar-refractivity contribution in [3.05, 3.63) is 34.6 Å². The Morgan fingerprint density at radius 3 is 2.73 bits per heavy atom. The van der Waals surface area contributed by atoms with Crippen molar-refractivity contribution >= 4 is 28.8 Å². The van der Waals surface area contributed by atoms with Crippen molar-refractivity contribution in [1.29, 1.82) is 0 Å². The Kier molecular flexibility index (Phi) is 8.97. The molecule has 6 nitrogen and oxygen atoms in total. The van der Waals surface area contributed by atoms with Crippen LogP contribution in [0.4, 0.5) is 0 Å². The second-order valence-electron chi connectivity index (χ2n) is 5.95. The molecule has 2 N–H and O–H groups in total. The first kappa shape index (κ1) is 20.8. The monoisotopic (exact) mass is 397 g/mol. The highest BCUT2D eigenvalue weighted by atomic mass is 35.5. The molecule has 0 atom stereocenters. The lowest BCUT2D eigenvalue weighted by Gasteiger charge is -2.22. The summed E-state index contributed by atoms with van der Waals surface area (Å²) in [7, 11) is 1.55. The summed E-state index contributed by atoms with van der Waals surface area (Å²) in [5, 5.41) is 11.5. The number of carbonyl (C=O) groups is 1. The fourth-order valence-electron chi connectivity index (χ4n) is 2.68. The van der Waals surface area contributed by atoms with Crippen LogP contribution in [0.25, 0.3) is 10.6 Å². The third-order valence-corrected chi connectivity index (χ3v) is 4.96. The molecule has 142 valence electrons. The molecule has 1 amide bonds. The van der Waals surface area contributed by atoms with E-state index in [-0.39, 0.29) is 18.6 Å². The van der Waals surface area contributed by atoms with Crippen LogP contribution in [0.15, 0.2) is 23.8 Å². The minimum Gasteiger partial charge on any atom is -0.394 e. The second-order valence-corrected chi connectivity index (χ2v) is 7.27. The predicted octanol–water partition coefficient (Wildman–Crippen LogP) is 3.55. The van der Waals surface area contributed by atoms with Crippen LogP contribution < -0.4 is 5.32 Å². The SMILES string of the molecule is COCCO.O=C(NC1CCCCC1)c1cc(Cl)cc(-c2cncs2)n1. The fourth-order valence-corrected chi connectivity index (χ4v) is 3.47. The third-order valence-electron chi connectivity index (χ3n) is 3.94. The van der Waals surface area contributed by atoms with E-state index in [4.69, 9.17) is 16.7 Å². The maximum atomic E-state index is 12.3. The Bertz CT molecular complexity index is 674. The number of amides is 1. The first-order chi connectivity index (χ1) is 12.6. The zero-order chi connectivity index (χ0) is 18.8. The first-order valence-corrected chi connectivity index (χ1v) is 9.87. The molecule has 0 bridgehead atoms. The Balaban J connectivity index is 0.000000431. The van der Waals surface area contributed by atoms with Gasteiger partial charge in [0, 0.05) is 24.4 Å². The maximum Gasteiger partial charge on any atom is 0.270 e. The Morgan fingerprint density at radius 1 is 1.38 bits per heavy atom. The summed E-state index contributed by atoms with van der Waals surface area (Å²) in [6, 6.07) is 3.63. The third kappa shape index (κ3) is 6.64. The summed E-state index contributed by atoms with van der Waals surface area (Å²) < 4.78 is 4.44. The van der Waals surface area contributed by atoms with E-state index in [2.05, 4.69) is 20.0 Å². The number of aliphatic hydroxyl groups is 1. The molecule has 1 saturated carbocycles. The molecule has 2 heterocycles. The number of rotatable bonds is 5. The van der Waals surface area contributed by atoms with Crippen LogP contribution in [-0.4, -0.2) is 47.3 Å². The van der Waals surface area contributed by atoms with Crippen molar-refractivity contribution < 1.29 is 14.6 Å². The van der Waals surface area contributed by atoms with Crippen molar-refractivity contribution in [3.8, 4) is 10.6 Å². The average Bonchev–Trinajstić information content (AvgIpc) is 3.18. The van der Waals surface area contributed by atoms with Gasteiger partial charge in [-0.3, -0.25) is 9.78 Å². The summed E-state index contributed by atoms with van der Waals surface area (Å²) in [5.41, 5.74) is 2.80. The number of carbonyl (C=O) groups excluding carboxylic acids is 1. The zero-order valence-electron chi connectivity index (χ0n) is 14.8. The van der Waals surface area contributed by atoms with Gasteiger partial charge in [0.2, 0.25) is 0 Å². The van der Waals surface area contributed by atoms with E-state index in [1.165, 1.54) is 30.6 Å². The van der Waals surface area contributed by atoms with E-state index in [9.17, 15) is 4.79 Å². The number of aliphatic hydroxyl groups excluding tert-OH is 1. The Labute approximate surface area is 162 Å². The lowest BCUT2D eigenvalue weighted by atomic mass is 9.95. The Hall–Kier alpha value is -1.54. The predicted molar refractivity (Wildman–Crippen MR) is 104 cm³/mol. The van der Waals surface area contributed by atoms with Gasteiger partial charge in [-0.1, -0.05) is 30.9 Å². The largest absolute Gasteiger partial charge is 0.394 e. The van der Waals surface area contributed by atoms with Crippen molar-refractivity contribution in [3.63, 3.8) is 0 Å². The highest BCUT2D eigenvalue weighted by Crippen LogP contribution is 2.25. The number of halogens is 1. The van der Waals surface area contributed by atoms with Gasteiger partial charge in [-0.05, 0) is 25.0 Å². The van der Waals surface area contributed by atoms with Crippen LogP contribution in [0, 0.1) is 0 Å². The standard InChI is InChI=1S/C15H16ClN3OS.C3H8O2/c16-10-6-12(14-8-17-9-21-14)19-13(7-10)15(20)18-11-4-2-1-3-5-11;1-5-3-2-4/h6-9,11H,1-5H2,(H,18,20);4H,2-3H2,1H3. The van der Waals surface area contributed by atoms with Gasteiger partial charge in [0.1, 0.15) is 5.69 Å².